The molecule has 9 heteroatoms. The fourth-order valence-corrected chi connectivity index (χ4v) is 4.95. The molecule has 182 valence electrons. The van der Waals surface area contributed by atoms with E-state index in [-0.39, 0.29) is 17.5 Å². The van der Waals surface area contributed by atoms with Crippen molar-refractivity contribution in [2.24, 2.45) is 5.41 Å². The SMILES string of the molecule is CC(C)(C)C1CC(Nc2nc3ccccc3n2COCCc2cccc(Br)n2)CCN1C(=O)O. The van der Waals surface area contributed by atoms with Crippen LogP contribution in [0.15, 0.2) is 47.1 Å². The summed E-state index contributed by atoms with van der Waals surface area (Å²) in [4.78, 5) is 22.6. The van der Waals surface area contributed by atoms with Gasteiger partial charge in [-0.25, -0.2) is 14.8 Å². The van der Waals surface area contributed by atoms with Gasteiger partial charge in [0.15, 0.2) is 0 Å². The minimum Gasteiger partial charge on any atom is -0.465 e. The van der Waals surface area contributed by atoms with Crippen molar-refractivity contribution >= 4 is 39.0 Å². The number of amides is 1. The van der Waals surface area contributed by atoms with Crippen LogP contribution >= 0.6 is 15.9 Å². The van der Waals surface area contributed by atoms with Gasteiger partial charge >= 0.3 is 6.09 Å². The molecule has 2 aromatic heterocycles. The first-order valence-electron chi connectivity index (χ1n) is 11.6. The number of piperidine rings is 1. The average molecular weight is 530 g/mol. The number of hydrogen-bond donors (Lipinski definition) is 2. The molecule has 2 atom stereocenters. The quantitative estimate of drug-likeness (QED) is 0.315. The Hall–Kier alpha value is -2.65. The van der Waals surface area contributed by atoms with Gasteiger partial charge in [-0.2, -0.15) is 0 Å². The number of benzene rings is 1. The zero-order valence-electron chi connectivity index (χ0n) is 19.9. The molecule has 3 heterocycles. The number of carbonyl (C=O) groups is 1. The summed E-state index contributed by atoms with van der Waals surface area (Å²) < 4.78 is 8.90. The molecule has 0 saturated carbocycles. The molecule has 0 aliphatic carbocycles. The van der Waals surface area contributed by atoms with Crippen LogP contribution in [-0.2, 0) is 17.9 Å². The minimum atomic E-state index is -0.848. The van der Waals surface area contributed by atoms with Crippen molar-refractivity contribution in [3.05, 3.63) is 52.8 Å². The van der Waals surface area contributed by atoms with Crippen LogP contribution < -0.4 is 5.32 Å². The lowest BCUT2D eigenvalue weighted by atomic mass is 9.79. The number of halogens is 1. The van der Waals surface area contributed by atoms with Crippen molar-refractivity contribution in [2.45, 2.75) is 58.8 Å². The lowest BCUT2D eigenvalue weighted by Crippen LogP contribution is -2.54. The van der Waals surface area contributed by atoms with Crippen LogP contribution in [0, 0.1) is 5.41 Å². The lowest BCUT2D eigenvalue weighted by Gasteiger charge is -2.44. The van der Waals surface area contributed by atoms with Gasteiger partial charge in [-0.05, 0) is 58.5 Å². The predicted octanol–water partition coefficient (Wildman–Crippen LogP) is 5.38. The van der Waals surface area contributed by atoms with Crippen LogP contribution in [0.5, 0.6) is 0 Å². The second-order valence-corrected chi connectivity index (χ2v) is 10.6. The van der Waals surface area contributed by atoms with E-state index in [1.54, 1.807) is 4.90 Å². The van der Waals surface area contributed by atoms with Gasteiger partial charge in [0.05, 0.1) is 17.6 Å². The number of rotatable bonds is 7. The number of imidazole rings is 1. The molecule has 0 spiro atoms. The number of hydrogen-bond acceptors (Lipinski definition) is 5. The monoisotopic (exact) mass is 529 g/mol. The molecule has 4 rings (SSSR count). The molecule has 1 aliphatic rings. The number of pyridine rings is 1. The van der Waals surface area contributed by atoms with Crippen molar-refractivity contribution in [3.63, 3.8) is 0 Å². The molecule has 0 radical (unpaired) electrons. The van der Waals surface area contributed by atoms with Crippen LogP contribution in [0.3, 0.4) is 0 Å². The van der Waals surface area contributed by atoms with Gasteiger partial charge in [0.2, 0.25) is 5.95 Å². The van der Waals surface area contributed by atoms with Gasteiger partial charge in [-0.15, -0.1) is 0 Å². The molecule has 0 bridgehead atoms. The Bertz CT molecular complexity index is 1140. The van der Waals surface area contributed by atoms with E-state index in [4.69, 9.17) is 9.72 Å². The van der Waals surface area contributed by atoms with Gasteiger partial charge in [-0.3, -0.25) is 4.57 Å². The fraction of sp³-hybridized carbons (Fsp3) is 0.480. The van der Waals surface area contributed by atoms with Crippen molar-refractivity contribution in [3.8, 4) is 0 Å². The summed E-state index contributed by atoms with van der Waals surface area (Å²) in [6.07, 6.45) is 1.33. The first-order valence-corrected chi connectivity index (χ1v) is 12.4. The largest absolute Gasteiger partial charge is 0.465 e. The van der Waals surface area contributed by atoms with Crippen LogP contribution in [0.4, 0.5) is 10.7 Å². The van der Waals surface area contributed by atoms with Gasteiger partial charge in [0, 0.05) is 30.7 Å². The van der Waals surface area contributed by atoms with Crippen LogP contribution in [0.2, 0.25) is 0 Å². The standard InChI is InChI=1S/C25H32BrN5O3/c1-25(2,3)21-15-18(11-13-30(21)24(32)33)28-23-29-19-8-4-5-9-20(19)31(23)16-34-14-12-17-7-6-10-22(26)27-17/h4-10,18,21H,11-16H2,1-3H3,(H,28,29)(H,32,33). The third-order valence-corrected chi connectivity index (χ3v) is 6.77. The number of ether oxygens (including phenoxy) is 1. The Kier molecular flexibility index (Phi) is 7.42. The molecule has 1 aromatic carbocycles. The zero-order chi connectivity index (χ0) is 24.3. The van der Waals surface area contributed by atoms with E-state index in [2.05, 4.69) is 51.6 Å². The molecule has 1 fully saturated rings. The highest BCUT2D eigenvalue weighted by Crippen LogP contribution is 2.33. The summed E-state index contributed by atoms with van der Waals surface area (Å²) in [5.74, 6) is 0.753. The lowest BCUT2D eigenvalue weighted by molar-refractivity contribution is 0.0553. The van der Waals surface area contributed by atoms with E-state index in [1.807, 2.05) is 42.5 Å². The number of para-hydroxylation sites is 2. The third-order valence-electron chi connectivity index (χ3n) is 6.33. The Morgan fingerprint density at radius 3 is 2.74 bits per heavy atom. The molecule has 2 N–H and O–H groups in total. The topological polar surface area (TPSA) is 92.5 Å². The van der Waals surface area contributed by atoms with Crippen molar-refractivity contribution in [1.29, 1.82) is 0 Å². The number of carboxylic acid groups (broad SMARTS) is 1. The Labute approximate surface area is 208 Å². The molecule has 3 aromatic rings. The summed E-state index contributed by atoms with van der Waals surface area (Å²) >= 11 is 3.41. The number of nitrogens with zero attached hydrogens (tertiary/aromatic N) is 4. The van der Waals surface area contributed by atoms with E-state index >= 15 is 0 Å². The minimum absolute atomic E-state index is 0.0666. The highest BCUT2D eigenvalue weighted by molar-refractivity contribution is 9.10. The number of aromatic nitrogens is 3. The normalized spacial score (nSPS) is 18.9. The van der Waals surface area contributed by atoms with Crippen molar-refractivity contribution < 1.29 is 14.6 Å². The molecule has 1 aliphatic heterocycles. The Balaban J connectivity index is 1.47. The van der Waals surface area contributed by atoms with E-state index < -0.39 is 6.09 Å². The summed E-state index contributed by atoms with van der Waals surface area (Å²) in [6, 6.07) is 13.9. The maximum Gasteiger partial charge on any atom is 0.407 e. The molecular formula is C25H32BrN5O3. The molecule has 1 saturated heterocycles. The van der Waals surface area contributed by atoms with Gasteiger partial charge in [0.1, 0.15) is 11.3 Å². The van der Waals surface area contributed by atoms with Crippen LogP contribution in [0.25, 0.3) is 11.0 Å². The van der Waals surface area contributed by atoms with E-state index in [9.17, 15) is 9.90 Å². The Morgan fingerprint density at radius 2 is 2.00 bits per heavy atom. The first kappa shape index (κ1) is 24.5. The fourth-order valence-electron chi connectivity index (χ4n) is 4.57. The number of likely N-dealkylation sites (tertiary alicyclic amines) is 1. The van der Waals surface area contributed by atoms with E-state index in [0.717, 1.165) is 46.5 Å². The molecule has 2 unspecified atom stereocenters. The molecular weight excluding hydrogens is 498 g/mol. The highest BCUT2D eigenvalue weighted by atomic mass is 79.9. The molecule has 34 heavy (non-hydrogen) atoms. The molecule has 1 amide bonds. The number of anilines is 1. The summed E-state index contributed by atoms with van der Waals surface area (Å²) in [7, 11) is 0. The Morgan fingerprint density at radius 1 is 1.21 bits per heavy atom. The van der Waals surface area contributed by atoms with Crippen LogP contribution in [0.1, 0.15) is 39.3 Å². The van der Waals surface area contributed by atoms with Gasteiger partial charge in [0.25, 0.3) is 0 Å². The van der Waals surface area contributed by atoms with Gasteiger partial charge in [-0.1, -0.05) is 39.0 Å². The zero-order valence-corrected chi connectivity index (χ0v) is 21.5. The van der Waals surface area contributed by atoms with E-state index in [0.29, 0.717) is 19.9 Å². The summed E-state index contributed by atoms with van der Waals surface area (Å²) in [6.45, 7) is 7.70. The number of fused-ring (bicyclic) bond motifs is 1. The third kappa shape index (κ3) is 5.70. The van der Waals surface area contributed by atoms with E-state index in [1.165, 1.54) is 0 Å². The molecule has 8 nitrogen and oxygen atoms in total. The van der Waals surface area contributed by atoms with Gasteiger partial charge < -0.3 is 20.1 Å². The maximum atomic E-state index is 11.8. The van der Waals surface area contributed by atoms with Crippen molar-refractivity contribution in [1.82, 2.24) is 19.4 Å². The maximum absolute atomic E-state index is 11.8. The smallest absolute Gasteiger partial charge is 0.407 e. The predicted molar refractivity (Wildman–Crippen MR) is 136 cm³/mol. The first-order chi connectivity index (χ1) is 16.2. The van der Waals surface area contributed by atoms with Crippen molar-refractivity contribution in [2.75, 3.05) is 18.5 Å². The number of nitrogens with one attached hydrogen (secondary N) is 1. The summed E-state index contributed by atoms with van der Waals surface area (Å²) in [5.41, 5.74) is 2.72. The second kappa shape index (κ2) is 10.3. The summed E-state index contributed by atoms with van der Waals surface area (Å²) in [5, 5.41) is 13.3. The highest BCUT2D eigenvalue weighted by Gasteiger charge is 2.39. The second-order valence-electron chi connectivity index (χ2n) is 9.81. The average Bonchev–Trinajstić information content (AvgIpc) is 3.13. The van der Waals surface area contributed by atoms with Crippen LogP contribution in [-0.4, -0.2) is 55.9 Å².